The summed E-state index contributed by atoms with van der Waals surface area (Å²) in [6.07, 6.45) is 5.78. The SMILES string of the molecule is CC(C(=O)NC[C@@H]1CCCOC1)=C1CCC1. The summed E-state index contributed by atoms with van der Waals surface area (Å²) in [5.74, 6) is 0.636. The average Bonchev–Trinajstić information content (AvgIpc) is 2.25. The fourth-order valence-electron chi connectivity index (χ4n) is 2.23. The molecule has 1 N–H and O–H groups in total. The van der Waals surface area contributed by atoms with Gasteiger partial charge in [0, 0.05) is 18.7 Å². The summed E-state index contributed by atoms with van der Waals surface area (Å²) in [5.41, 5.74) is 2.29. The Morgan fingerprint density at radius 3 is 2.81 bits per heavy atom. The Labute approximate surface area is 97.2 Å². The van der Waals surface area contributed by atoms with Crippen LogP contribution in [0.1, 0.15) is 39.0 Å². The molecule has 90 valence electrons. The smallest absolute Gasteiger partial charge is 0.246 e. The summed E-state index contributed by atoms with van der Waals surface area (Å²) in [6.45, 7) is 4.40. The molecule has 1 saturated carbocycles. The maximum absolute atomic E-state index is 11.8. The number of ether oxygens (including phenoxy) is 1. The highest BCUT2D eigenvalue weighted by Gasteiger charge is 2.18. The zero-order valence-corrected chi connectivity index (χ0v) is 10.1. The van der Waals surface area contributed by atoms with Gasteiger partial charge in [-0.05, 0) is 44.9 Å². The van der Waals surface area contributed by atoms with Crippen LogP contribution >= 0.6 is 0 Å². The van der Waals surface area contributed by atoms with Crippen molar-refractivity contribution in [1.29, 1.82) is 0 Å². The fraction of sp³-hybridized carbons (Fsp3) is 0.769. The number of nitrogens with one attached hydrogen (secondary N) is 1. The predicted molar refractivity (Wildman–Crippen MR) is 63.1 cm³/mol. The van der Waals surface area contributed by atoms with Gasteiger partial charge < -0.3 is 10.1 Å². The Kier molecular flexibility index (Phi) is 3.99. The quantitative estimate of drug-likeness (QED) is 0.743. The second-order valence-electron chi connectivity index (χ2n) is 4.88. The highest BCUT2D eigenvalue weighted by molar-refractivity contribution is 5.93. The summed E-state index contributed by atoms with van der Waals surface area (Å²) < 4.78 is 5.39. The number of allylic oxidation sites excluding steroid dienone is 1. The topological polar surface area (TPSA) is 38.3 Å². The van der Waals surface area contributed by atoms with E-state index in [4.69, 9.17) is 4.74 Å². The van der Waals surface area contributed by atoms with Gasteiger partial charge in [-0.15, -0.1) is 0 Å². The first-order valence-corrected chi connectivity index (χ1v) is 6.32. The largest absolute Gasteiger partial charge is 0.381 e. The second kappa shape index (κ2) is 5.48. The van der Waals surface area contributed by atoms with Gasteiger partial charge in [0.15, 0.2) is 0 Å². The number of amides is 1. The molecule has 1 atom stereocenters. The van der Waals surface area contributed by atoms with E-state index in [0.717, 1.165) is 44.6 Å². The summed E-state index contributed by atoms with van der Waals surface area (Å²) in [4.78, 5) is 11.8. The number of carbonyl (C=O) groups is 1. The van der Waals surface area contributed by atoms with E-state index < -0.39 is 0 Å². The second-order valence-corrected chi connectivity index (χ2v) is 4.88. The van der Waals surface area contributed by atoms with E-state index in [2.05, 4.69) is 5.32 Å². The van der Waals surface area contributed by atoms with E-state index in [-0.39, 0.29) is 5.91 Å². The van der Waals surface area contributed by atoms with E-state index in [1.807, 2.05) is 6.92 Å². The Bertz CT molecular complexity index is 284. The first kappa shape index (κ1) is 11.6. The van der Waals surface area contributed by atoms with Crippen molar-refractivity contribution in [1.82, 2.24) is 5.32 Å². The van der Waals surface area contributed by atoms with Crippen molar-refractivity contribution in [3.63, 3.8) is 0 Å². The normalized spacial score (nSPS) is 24.8. The van der Waals surface area contributed by atoms with Gasteiger partial charge in [-0.25, -0.2) is 0 Å². The van der Waals surface area contributed by atoms with Gasteiger partial charge in [0.05, 0.1) is 6.61 Å². The van der Waals surface area contributed by atoms with Crippen LogP contribution in [0, 0.1) is 5.92 Å². The number of hydrogen-bond acceptors (Lipinski definition) is 2. The Balaban J connectivity index is 1.74. The highest BCUT2D eigenvalue weighted by atomic mass is 16.5. The molecule has 1 saturated heterocycles. The third kappa shape index (κ3) is 2.85. The molecule has 0 bridgehead atoms. The summed E-state index contributed by atoms with van der Waals surface area (Å²) in [7, 11) is 0. The summed E-state index contributed by atoms with van der Waals surface area (Å²) in [6, 6.07) is 0. The average molecular weight is 223 g/mol. The fourth-order valence-corrected chi connectivity index (χ4v) is 2.23. The molecule has 1 aliphatic heterocycles. The lowest BCUT2D eigenvalue weighted by Crippen LogP contribution is -2.34. The molecule has 0 aromatic carbocycles. The molecule has 16 heavy (non-hydrogen) atoms. The third-order valence-electron chi connectivity index (χ3n) is 3.63. The molecule has 1 aliphatic carbocycles. The van der Waals surface area contributed by atoms with Crippen LogP contribution in [0.25, 0.3) is 0 Å². The van der Waals surface area contributed by atoms with Crippen molar-refractivity contribution in [2.24, 2.45) is 5.92 Å². The number of rotatable bonds is 3. The zero-order chi connectivity index (χ0) is 11.4. The summed E-state index contributed by atoms with van der Waals surface area (Å²) in [5, 5.41) is 3.02. The van der Waals surface area contributed by atoms with Crippen LogP contribution in [0.2, 0.25) is 0 Å². The molecule has 0 radical (unpaired) electrons. The molecule has 3 heteroatoms. The van der Waals surface area contributed by atoms with Crippen molar-refractivity contribution in [2.45, 2.75) is 39.0 Å². The van der Waals surface area contributed by atoms with Crippen molar-refractivity contribution >= 4 is 5.91 Å². The standard InChI is InChI=1S/C13H21NO2/c1-10(12-5-2-6-12)13(15)14-8-11-4-3-7-16-9-11/h11H,2-9H2,1H3,(H,14,15)/t11-/m0/s1. The van der Waals surface area contributed by atoms with E-state index >= 15 is 0 Å². The van der Waals surface area contributed by atoms with Gasteiger partial charge in [-0.1, -0.05) is 5.57 Å². The minimum absolute atomic E-state index is 0.125. The number of carbonyl (C=O) groups excluding carboxylic acids is 1. The maximum atomic E-state index is 11.8. The van der Waals surface area contributed by atoms with Gasteiger partial charge in [0.25, 0.3) is 0 Å². The molecule has 2 aliphatic rings. The van der Waals surface area contributed by atoms with Crippen LogP contribution in [0.4, 0.5) is 0 Å². The molecule has 0 aromatic rings. The minimum atomic E-state index is 0.125. The van der Waals surface area contributed by atoms with Gasteiger partial charge in [0.2, 0.25) is 5.91 Å². The molecule has 2 fully saturated rings. The number of hydrogen-bond donors (Lipinski definition) is 1. The molecule has 0 spiro atoms. The van der Waals surface area contributed by atoms with E-state index in [0.29, 0.717) is 5.92 Å². The molecular weight excluding hydrogens is 202 g/mol. The highest BCUT2D eigenvalue weighted by Crippen LogP contribution is 2.28. The first-order chi connectivity index (χ1) is 7.77. The molecule has 3 nitrogen and oxygen atoms in total. The van der Waals surface area contributed by atoms with Crippen LogP contribution in [0.15, 0.2) is 11.1 Å². The van der Waals surface area contributed by atoms with E-state index in [9.17, 15) is 4.79 Å². The third-order valence-corrected chi connectivity index (χ3v) is 3.63. The van der Waals surface area contributed by atoms with Crippen molar-refractivity contribution < 1.29 is 9.53 Å². The summed E-state index contributed by atoms with van der Waals surface area (Å²) >= 11 is 0. The molecule has 0 aromatic heterocycles. The molecule has 0 unspecified atom stereocenters. The predicted octanol–water partition coefficient (Wildman–Crippen LogP) is 2.03. The van der Waals surface area contributed by atoms with Gasteiger partial charge >= 0.3 is 0 Å². The molecular formula is C13H21NO2. The Morgan fingerprint density at radius 1 is 1.44 bits per heavy atom. The lowest BCUT2D eigenvalue weighted by molar-refractivity contribution is -0.117. The van der Waals surface area contributed by atoms with Crippen LogP contribution < -0.4 is 5.32 Å². The van der Waals surface area contributed by atoms with Crippen LogP contribution in [-0.4, -0.2) is 25.7 Å². The first-order valence-electron chi connectivity index (χ1n) is 6.32. The molecule has 2 rings (SSSR count). The zero-order valence-electron chi connectivity index (χ0n) is 10.1. The van der Waals surface area contributed by atoms with Crippen molar-refractivity contribution in [2.75, 3.05) is 19.8 Å². The maximum Gasteiger partial charge on any atom is 0.246 e. The van der Waals surface area contributed by atoms with Gasteiger partial charge in [-0.2, -0.15) is 0 Å². The monoisotopic (exact) mass is 223 g/mol. The van der Waals surface area contributed by atoms with E-state index in [1.54, 1.807) is 0 Å². The van der Waals surface area contributed by atoms with Crippen LogP contribution in [-0.2, 0) is 9.53 Å². The minimum Gasteiger partial charge on any atom is -0.381 e. The lowest BCUT2D eigenvalue weighted by atomic mass is 9.88. The van der Waals surface area contributed by atoms with Gasteiger partial charge in [0.1, 0.15) is 0 Å². The van der Waals surface area contributed by atoms with Crippen LogP contribution in [0.3, 0.4) is 0 Å². The Hall–Kier alpha value is -0.830. The van der Waals surface area contributed by atoms with Gasteiger partial charge in [-0.3, -0.25) is 4.79 Å². The molecule has 1 amide bonds. The Morgan fingerprint density at radius 2 is 2.25 bits per heavy atom. The van der Waals surface area contributed by atoms with E-state index in [1.165, 1.54) is 18.4 Å². The lowest BCUT2D eigenvalue weighted by Gasteiger charge is -2.23. The van der Waals surface area contributed by atoms with Crippen molar-refractivity contribution in [3.05, 3.63) is 11.1 Å². The van der Waals surface area contributed by atoms with Crippen molar-refractivity contribution in [3.8, 4) is 0 Å². The van der Waals surface area contributed by atoms with Crippen LogP contribution in [0.5, 0.6) is 0 Å². The molecule has 1 heterocycles.